The number of ether oxygens (including phenoxy) is 23. The predicted molar refractivity (Wildman–Crippen MR) is 450 cm³/mol. The van der Waals surface area contributed by atoms with Crippen molar-refractivity contribution >= 4 is 29.5 Å². The Labute approximate surface area is 827 Å². The minimum atomic E-state index is -2.87. The van der Waals surface area contributed by atoms with Crippen molar-refractivity contribution in [2.75, 3.05) is 66.1 Å². The van der Waals surface area contributed by atoms with Gasteiger partial charge in [-0.25, -0.2) is 0 Å². The molecule has 0 aromatic carbocycles. The Hall–Kier alpha value is -4.81. The lowest BCUT2D eigenvalue weighted by Crippen LogP contribution is -2.72. The lowest BCUT2D eigenvalue weighted by atomic mass is 9.93. The molecular formula is C82H137N5O59. The molecule has 12 heterocycles. The average Bonchev–Trinajstić information content (AvgIpc) is 0.734. The van der Waals surface area contributed by atoms with E-state index in [4.69, 9.17) is 109 Å². The summed E-state index contributed by atoms with van der Waals surface area (Å²) in [5.41, 5.74) is 0. The highest BCUT2D eigenvalue weighted by atomic mass is 16.8. The molecule has 36 N–H and O–H groups in total. The molecular weight excluding hydrogens is 2000 g/mol. The molecule has 12 fully saturated rings. The topological polar surface area (TPSA) is 985 Å². The number of hydrogen-bond donors (Lipinski definition) is 36. The Morgan fingerprint density at radius 3 is 0.856 bits per heavy atom. The second kappa shape index (κ2) is 52.2. The van der Waals surface area contributed by atoms with Crippen molar-refractivity contribution in [3.05, 3.63) is 0 Å². The number of carbonyl (C=O) groups is 5. The van der Waals surface area contributed by atoms with Crippen LogP contribution < -0.4 is 26.6 Å². The van der Waals surface area contributed by atoms with Gasteiger partial charge in [-0.2, -0.15) is 0 Å². The van der Waals surface area contributed by atoms with Gasteiger partial charge >= 0.3 is 0 Å². The van der Waals surface area contributed by atoms with Crippen molar-refractivity contribution in [1.82, 2.24) is 26.6 Å². The Balaban J connectivity index is 0.976. The van der Waals surface area contributed by atoms with Crippen LogP contribution in [-0.2, 0) is 133 Å². The van der Waals surface area contributed by atoms with Crippen molar-refractivity contribution in [3.63, 3.8) is 0 Å². The molecule has 1 unspecified atom stereocenters. The molecule has 0 aromatic rings. The van der Waals surface area contributed by atoms with Gasteiger partial charge in [0.15, 0.2) is 75.5 Å². The van der Waals surface area contributed by atoms with E-state index in [-0.39, 0.29) is 0 Å². The van der Waals surface area contributed by atoms with Crippen molar-refractivity contribution in [2.24, 2.45) is 0 Å². The maximum Gasteiger partial charge on any atom is 0.217 e. The summed E-state index contributed by atoms with van der Waals surface area (Å²) in [6, 6.07) is -10.4. The highest BCUT2D eigenvalue weighted by Gasteiger charge is 2.64. The molecule has 12 aliphatic heterocycles. The molecule has 64 heteroatoms. The van der Waals surface area contributed by atoms with Gasteiger partial charge in [0.25, 0.3) is 0 Å². The lowest BCUT2D eigenvalue weighted by Gasteiger charge is -2.52. The molecule has 64 nitrogen and oxygen atoms in total. The fourth-order valence-electron chi connectivity index (χ4n) is 19.1. The molecule has 0 bridgehead atoms. The summed E-state index contributed by atoms with van der Waals surface area (Å²) in [4.78, 5) is 66.7. The summed E-state index contributed by atoms with van der Waals surface area (Å²) >= 11 is 0. The van der Waals surface area contributed by atoms with Gasteiger partial charge in [-0.15, -0.1) is 0 Å². The Kier molecular flexibility index (Phi) is 42.8. The SMILES string of the molecule is CC(=O)N[C@H]1[C@H](O[C@H]2[C@H](O)[C@@H](NC(C)=O)C(O)O[C@@H]2CO[C@@H]2O[C@@H](C)[C@@H](O)[C@@H](O)[C@@H]2O)O[C@H](CO)[C@@H](O[C@@H]2O[C@H](CO[C@H]3O[C@H](CO)[C@@H](O)[C@H](O)[C@@H]3O[C@@H]3O[C@H](CO)[C@@H](O[C@@H]4O[C@H](CO)[C@H](O)[C@H](O)[C@H]4O)[C@H](O[C@@H]4O[C@@H](C)[C@@H](O)[C@@H](O)[C@@H]4O)[C@H]3NC(C)=O)[C@@H](O[C@@H]3O[C@H](CO)[C@@H](O)[C@H](O)[C@H]3NC(C)=O)[C@H](O[C@H]3O[C@H](CO)[C@@H](O)[C@H](O)[C@@H]3O[C@@H]3O[C@H](CO)[C@@H](O[C@@H]4O[C@H](CO)[C@H](O)[C@H](O)[C@H]4O)[C@H](O)[C@H]3NC(C)=O)[C@@H]2O)[C@@H]1O. The summed E-state index contributed by atoms with van der Waals surface area (Å²) in [6.07, 6.45) is -121. The van der Waals surface area contributed by atoms with Crippen molar-refractivity contribution < 1.29 is 291 Å². The quantitative estimate of drug-likeness (QED) is 0.0275. The van der Waals surface area contributed by atoms with Gasteiger partial charge in [0.2, 0.25) is 29.5 Å². The van der Waals surface area contributed by atoms with Gasteiger partial charge in [0, 0.05) is 34.6 Å². The van der Waals surface area contributed by atoms with Crippen LogP contribution in [0, 0.1) is 0 Å². The molecule has 60 atom stereocenters. The number of rotatable bonds is 37. The largest absolute Gasteiger partial charge is 0.394 e. The zero-order chi connectivity index (χ0) is 107. The Morgan fingerprint density at radius 2 is 0.432 bits per heavy atom. The molecule has 0 radical (unpaired) electrons. The van der Waals surface area contributed by atoms with Gasteiger partial charge in [-0.1, -0.05) is 0 Å². The maximum atomic E-state index is 13.8. The van der Waals surface area contributed by atoms with Crippen LogP contribution in [0.25, 0.3) is 0 Å². The molecule has 0 aliphatic carbocycles. The Bertz CT molecular complexity index is 4090. The lowest BCUT2D eigenvalue weighted by molar-refractivity contribution is -0.409. The molecule has 0 saturated carbocycles. The molecule has 0 spiro atoms. The highest BCUT2D eigenvalue weighted by molar-refractivity contribution is 5.75. The molecule has 0 aromatic heterocycles. The van der Waals surface area contributed by atoms with E-state index < -0.39 is 464 Å². The highest BCUT2D eigenvalue weighted by Crippen LogP contribution is 2.44. The van der Waals surface area contributed by atoms with E-state index in [1.165, 1.54) is 13.8 Å². The first-order valence-corrected chi connectivity index (χ1v) is 46.9. The number of hydrogen-bond acceptors (Lipinski definition) is 59. The van der Waals surface area contributed by atoms with Gasteiger partial charge < -0.3 is 294 Å². The van der Waals surface area contributed by atoms with Crippen LogP contribution in [0.3, 0.4) is 0 Å². The van der Waals surface area contributed by atoms with E-state index in [9.17, 15) is 182 Å². The number of nitrogens with one attached hydrogen (secondary N) is 5. The predicted octanol–water partition coefficient (Wildman–Crippen LogP) is -24.4. The van der Waals surface area contributed by atoms with Crippen LogP contribution in [-0.4, -0.2) is 622 Å². The van der Waals surface area contributed by atoms with Gasteiger partial charge in [-0.05, 0) is 13.8 Å². The van der Waals surface area contributed by atoms with E-state index in [0.717, 1.165) is 34.6 Å². The van der Waals surface area contributed by atoms with Gasteiger partial charge in [0.1, 0.15) is 280 Å². The summed E-state index contributed by atoms with van der Waals surface area (Å²) < 4.78 is 142. The third-order valence-electron chi connectivity index (χ3n) is 27.0. The average molecular weight is 2140 g/mol. The zero-order valence-electron chi connectivity index (χ0n) is 79.0. The second-order valence-electron chi connectivity index (χ2n) is 37.3. The normalized spacial score (nSPS) is 49.8. The van der Waals surface area contributed by atoms with Crippen LogP contribution in [0.5, 0.6) is 0 Å². The Morgan fingerprint density at radius 1 is 0.192 bits per heavy atom. The van der Waals surface area contributed by atoms with Crippen molar-refractivity contribution in [1.29, 1.82) is 0 Å². The van der Waals surface area contributed by atoms with Crippen LogP contribution in [0.1, 0.15) is 48.5 Å². The minimum absolute atomic E-state index is 0.873. The van der Waals surface area contributed by atoms with E-state index in [1.807, 2.05) is 0 Å². The third-order valence-corrected chi connectivity index (χ3v) is 27.0. The smallest absolute Gasteiger partial charge is 0.217 e. The first-order valence-electron chi connectivity index (χ1n) is 46.9. The number of aliphatic hydroxyl groups is 31. The van der Waals surface area contributed by atoms with Crippen molar-refractivity contribution in [2.45, 2.75) is 417 Å². The fraction of sp³-hybridized carbons (Fsp3) is 0.939. The third kappa shape index (κ3) is 26.4. The van der Waals surface area contributed by atoms with Crippen LogP contribution in [0.2, 0.25) is 0 Å². The zero-order valence-corrected chi connectivity index (χ0v) is 79.0. The monoisotopic (exact) mass is 2140 g/mol. The van der Waals surface area contributed by atoms with Crippen LogP contribution in [0.4, 0.5) is 0 Å². The summed E-state index contributed by atoms with van der Waals surface area (Å²) in [6.45, 7) is -5.30. The van der Waals surface area contributed by atoms with E-state index >= 15 is 0 Å². The first kappa shape index (κ1) is 120. The molecule has 12 rings (SSSR count). The van der Waals surface area contributed by atoms with Crippen molar-refractivity contribution in [3.8, 4) is 0 Å². The molecule has 146 heavy (non-hydrogen) atoms. The minimum Gasteiger partial charge on any atom is -0.394 e. The molecule has 844 valence electrons. The number of amides is 5. The van der Waals surface area contributed by atoms with Crippen LogP contribution in [0.15, 0.2) is 0 Å². The molecule has 12 aliphatic rings. The van der Waals surface area contributed by atoms with E-state index in [2.05, 4.69) is 26.6 Å². The maximum absolute atomic E-state index is 13.8. The van der Waals surface area contributed by atoms with Gasteiger partial charge in [-0.3, -0.25) is 24.0 Å². The summed E-state index contributed by atoms with van der Waals surface area (Å²) in [7, 11) is 0. The van der Waals surface area contributed by atoms with E-state index in [0.29, 0.717) is 0 Å². The summed E-state index contributed by atoms with van der Waals surface area (Å²) in [5, 5.41) is 364. The van der Waals surface area contributed by atoms with Crippen LogP contribution >= 0.6 is 0 Å². The van der Waals surface area contributed by atoms with Gasteiger partial charge in [0.05, 0.1) is 78.3 Å². The van der Waals surface area contributed by atoms with E-state index in [1.54, 1.807) is 0 Å². The summed E-state index contributed by atoms with van der Waals surface area (Å²) in [5.74, 6) is -5.15. The number of aliphatic hydroxyl groups excluding tert-OH is 31. The fourth-order valence-corrected chi connectivity index (χ4v) is 19.1. The molecule has 12 saturated heterocycles. The second-order valence-corrected chi connectivity index (χ2v) is 37.3. The molecule has 5 amide bonds. The first-order chi connectivity index (χ1) is 69.0. The standard InChI is InChI=1S/C82H137N5O59/c1-18-40(101)51(112)57(118)76(126-18)124-16-33-64(48(109)35(71(123)128-33)83-20(3)96)138-73-37(85-22(5)98)49(110)63(31(14-94)134-73)140-80-61(122)68(144-82-70(56(117)46(107)29(12-92)133-82)146-74-38(86-23(6)99)50(111)62(30(13-93)135-74)139-78-59(120)53(114)43(104)26(9-89)130-78)66(141-72-36(84-21(4)97)47(108)42(103)25(8-88)129-72)34(137-80)17-125-81-69(55(116)45(106)28(11-91)132-81)145-75-39(87-24(7)100)67(143-77-58(119)52(113)41(102)19(2)127-77)65(32(15-95)136-75)142-79-60(121)54(115)44(105)27(10-90)131-79/h18-19,25-82,88-95,101-123H,8-17H2,1-7H3,(H,83,96)(H,84,97)(H,85,98)(H,86,99)(H,87,100)/t18-,19-,25+,26+,27+,28+,29+,30+,31+,32+,33+,34+,35+,36+,37+,38+,39+,40+,41+,42+,43-,44-,45+,46+,47+,48+,49+,50+,51+,52+,53-,54-,55-,56-,57-,58-,59+,60+,61-,62+,63+,64+,65+,66+,67+,68+,69-,70-,71?,72-,73-,74-,75-,76+,77-,78-,79-,80-,81-,82+/m0/s1. The number of carbonyl (C=O) groups excluding carboxylic acids is 5.